The Kier molecular flexibility index (Phi) is 9.91. The first-order valence-corrected chi connectivity index (χ1v) is 25.4. The summed E-state index contributed by atoms with van der Waals surface area (Å²) in [6, 6.07) is 98.9. The molecule has 0 saturated heterocycles. The molecule has 344 valence electrons. The van der Waals surface area contributed by atoms with E-state index in [9.17, 15) is 0 Å². The summed E-state index contributed by atoms with van der Waals surface area (Å²) in [5.41, 5.74) is 16.7. The van der Waals surface area contributed by atoms with Gasteiger partial charge in [-0.2, -0.15) is 0 Å². The van der Waals surface area contributed by atoms with Crippen molar-refractivity contribution in [2.45, 2.75) is 19.3 Å². The fourth-order valence-corrected chi connectivity index (χ4v) is 12.1. The molecule has 0 N–H and O–H groups in total. The second-order valence-corrected chi connectivity index (χ2v) is 20.1. The first-order chi connectivity index (χ1) is 36.0. The molecule has 0 amide bonds. The number of benzene rings is 13. The average Bonchev–Trinajstić information content (AvgIpc) is 3.67. The van der Waals surface area contributed by atoms with E-state index in [0.29, 0.717) is 0 Å². The highest BCUT2D eigenvalue weighted by atomic mass is 15.1. The van der Waals surface area contributed by atoms with Gasteiger partial charge in [0.15, 0.2) is 0 Å². The molecule has 1 aliphatic rings. The van der Waals surface area contributed by atoms with E-state index in [-0.39, 0.29) is 5.41 Å². The molecule has 0 heterocycles. The molecule has 0 saturated carbocycles. The second-order valence-electron chi connectivity index (χ2n) is 20.1. The van der Waals surface area contributed by atoms with E-state index in [4.69, 9.17) is 0 Å². The van der Waals surface area contributed by atoms with Gasteiger partial charge in [-0.1, -0.05) is 202 Å². The van der Waals surface area contributed by atoms with Crippen LogP contribution in [-0.4, -0.2) is 0 Å². The minimum Gasteiger partial charge on any atom is -0.310 e. The van der Waals surface area contributed by atoms with Crippen LogP contribution in [-0.2, 0) is 5.41 Å². The lowest BCUT2D eigenvalue weighted by Gasteiger charge is -2.29. The van der Waals surface area contributed by atoms with Crippen molar-refractivity contribution in [1.29, 1.82) is 0 Å². The van der Waals surface area contributed by atoms with Crippen molar-refractivity contribution in [2.75, 3.05) is 9.80 Å². The van der Waals surface area contributed by atoms with E-state index < -0.39 is 0 Å². The van der Waals surface area contributed by atoms with Gasteiger partial charge >= 0.3 is 0 Å². The number of fused-ring (bicyclic) bond motifs is 8. The predicted molar refractivity (Wildman–Crippen MR) is 312 cm³/mol. The van der Waals surface area contributed by atoms with Gasteiger partial charge in [-0.05, 0) is 177 Å². The zero-order chi connectivity index (χ0) is 48.6. The van der Waals surface area contributed by atoms with Gasteiger partial charge in [0.1, 0.15) is 0 Å². The van der Waals surface area contributed by atoms with E-state index in [1.807, 2.05) is 0 Å². The molecule has 73 heavy (non-hydrogen) atoms. The standard InChI is InChI=1S/C71H50N2/c1-71(2)67-31-16-15-29-60(67)61-39-34-52(44-68(61)71)69-63-40-37-58(73(54-26-7-4-8-27-54)56-36-33-48-19-10-12-22-51(48)43-56)46-66(63)70(62-30-17-23-49-20-13-14-28-59(49)62)64-41-38-57(45-65(64)69)72(53-24-5-3-6-25-53)55-35-32-47-18-9-11-21-50(47)42-55/h3-46H,1-2H3. The zero-order valence-electron chi connectivity index (χ0n) is 40.8. The topological polar surface area (TPSA) is 6.48 Å². The highest BCUT2D eigenvalue weighted by Gasteiger charge is 2.36. The van der Waals surface area contributed by atoms with Crippen LogP contribution in [0.1, 0.15) is 25.0 Å². The summed E-state index contributed by atoms with van der Waals surface area (Å²) in [5.74, 6) is 0. The molecule has 2 nitrogen and oxygen atoms in total. The van der Waals surface area contributed by atoms with Crippen LogP contribution < -0.4 is 9.80 Å². The molecule has 13 aromatic rings. The number of anilines is 6. The fraction of sp³-hybridized carbons (Fsp3) is 0.0423. The number of nitrogens with zero attached hydrogens (tertiary/aromatic N) is 2. The summed E-state index contributed by atoms with van der Waals surface area (Å²) in [7, 11) is 0. The predicted octanol–water partition coefficient (Wildman–Crippen LogP) is 20.0. The number of rotatable bonds is 8. The molecule has 0 atom stereocenters. The quantitative estimate of drug-likeness (QED) is 0.140. The summed E-state index contributed by atoms with van der Waals surface area (Å²) in [6.07, 6.45) is 0. The molecule has 0 aromatic heterocycles. The molecular formula is C71H50N2. The van der Waals surface area contributed by atoms with E-state index in [1.54, 1.807) is 0 Å². The van der Waals surface area contributed by atoms with Crippen molar-refractivity contribution >= 4 is 88.0 Å². The molecule has 0 spiro atoms. The normalized spacial score (nSPS) is 12.6. The van der Waals surface area contributed by atoms with Crippen molar-refractivity contribution in [3.05, 3.63) is 278 Å². The smallest absolute Gasteiger partial charge is 0.0468 e. The highest BCUT2D eigenvalue weighted by Crippen LogP contribution is 2.53. The van der Waals surface area contributed by atoms with Gasteiger partial charge < -0.3 is 9.80 Å². The van der Waals surface area contributed by atoms with Crippen molar-refractivity contribution < 1.29 is 0 Å². The average molecular weight is 931 g/mol. The number of hydrogen-bond acceptors (Lipinski definition) is 2. The summed E-state index contributed by atoms with van der Waals surface area (Å²) in [5, 5.41) is 12.1. The van der Waals surface area contributed by atoms with Crippen LogP contribution in [0.25, 0.3) is 87.2 Å². The molecule has 0 unspecified atom stereocenters. The Morgan fingerprint density at radius 2 is 0.699 bits per heavy atom. The lowest BCUT2D eigenvalue weighted by molar-refractivity contribution is 0.660. The van der Waals surface area contributed by atoms with E-state index in [1.165, 1.54) is 98.4 Å². The maximum atomic E-state index is 2.51. The van der Waals surface area contributed by atoms with Crippen molar-refractivity contribution in [3.63, 3.8) is 0 Å². The van der Waals surface area contributed by atoms with Gasteiger partial charge in [0, 0.05) is 39.5 Å². The third-order valence-electron chi connectivity index (χ3n) is 15.5. The molecule has 2 heteroatoms. The van der Waals surface area contributed by atoms with Crippen molar-refractivity contribution in [1.82, 2.24) is 0 Å². The number of para-hydroxylation sites is 2. The minimum absolute atomic E-state index is 0.176. The van der Waals surface area contributed by atoms with E-state index in [2.05, 4.69) is 291 Å². The largest absolute Gasteiger partial charge is 0.310 e. The molecule has 1 aliphatic carbocycles. The third kappa shape index (κ3) is 7.01. The van der Waals surface area contributed by atoms with Gasteiger partial charge in [0.05, 0.1) is 0 Å². The van der Waals surface area contributed by atoms with Crippen LogP contribution in [0.4, 0.5) is 34.1 Å². The monoisotopic (exact) mass is 930 g/mol. The van der Waals surface area contributed by atoms with Gasteiger partial charge in [0.25, 0.3) is 0 Å². The highest BCUT2D eigenvalue weighted by molar-refractivity contribution is 6.25. The lowest BCUT2D eigenvalue weighted by atomic mass is 9.80. The van der Waals surface area contributed by atoms with Crippen LogP contribution in [0.2, 0.25) is 0 Å². The van der Waals surface area contributed by atoms with Crippen LogP contribution in [0, 0.1) is 0 Å². The lowest BCUT2D eigenvalue weighted by Crippen LogP contribution is -2.14. The third-order valence-corrected chi connectivity index (χ3v) is 15.5. The summed E-state index contributed by atoms with van der Waals surface area (Å²) >= 11 is 0. The Morgan fingerprint density at radius 1 is 0.247 bits per heavy atom. The maximum Gasteiger partial charge on any atom is 0.0468 e. The van der Waals surface area contributed by atoms with Crippen LogP contribution in [0.15, 0.2) is 267 Å². The van der Waals surface area contributed by atoms with Gasteiger partial charge in [0.2, 0.25) is 0 Å². The van der Waals surface area contributed by atoms with Gasteiger partial charge in [-0.3, -0.25) is 0 Å². The van der Waals surface area contributed by atoms with Crippen molar-refractivity contribution in [3.8, 4) is 33.4 Å². The summed E-state index contributed by atoms with van der Waals surface area (Å²) in [6.45, 7) is 4.77. The Balaban J connectivity index is 1.10. The summed E-state index contributed by atoms with van der Waals surface area (Å²) < 4.78 is 0. The van der Waals surface area contributed by atoms with Crippen molar-refractivity contribution in [2.24, 2.45) is 0 Å². The van der Waals surface area contributed by atoms with Crippen LogP contribution in [0.3, 0.4) is 0 Å². The second kappa shape index (κ2) is 17.0. The molecule has 13 aromatic carbocycles. The Morgan fingerprint density at radius 3 is 1.33 bits per heavy atom. The molecule has 0 aliphatic heterocycles. The Bertz CT molecular complexity index is 4300. The SMILES string of the molecule is CC1(C)c2ccccc2-c2ccc(-c3c4cc(N(c5ccccc5)c5ccc6ccccc6c5)ccc4c(-c4cccc5ccccc45)c4cc(N(c5ccccc5)c5ccc6ccccc6c5)ccc34)cc21. The first kappa shape index (κ1) is 42.6. The zero-order valence-corrected chi connectivity index (χ0v) is 40.8. The molecule has 0 fully saturated rings. The Hall–Kier alpha value is -9.24. The molecular weight excluding hydrogens is 881 g/mol. The van der Waals surface area contributed by atoms with E-state index >= 15 is 0 Å². The van der Waals surface area contributed by atoms with Gasteiger partial charge in [-0.25, -0.2) is 0 Å². The fourth-order valence-electron chi connectivity index (χ4n) is 12.1. The molecule has 0 radical (unpaired) electrons. The van der Waals surface area contributed by atoms with E-state index in [0.717, 1.165) is 34.1 Å². The van der Waals surface area contributed by atoms with Crippen LogP contribution >= 0.6 is 0 Å². The molecule has 14 rings (SSSR count). The maximum absolute atomic E-state index is 2.51. The number of hydrogen-bond donors (Lipinski definition) is 0. The van der Waals surface area contributed by atoms with Gasteiger partial charge in [-0.15, -0.1) is 0 Å². The Labute approximate surface area is 426 Å². The molecule has 0 bridgehead atoms. The summed E-state index contributed by atoms with van der Waals surface area (Å²) in [4.78, 5) is 4.84. The first-order valence-electron chi connectivity index (χ1n) is 25.4. The van der Waals surface area contributed by atoms with Crippen LogP contribution in [0.5, 0.6) is 0 Å². The minimum atomic E-state index is -0.176.